The molecule has 1 aliphatic carbocycles. The van der Waals surface area contributed by atoms with Crippen molar-refractivity contribution in [1.29, 1.82) is 0 Å². The van der Waals surface area contributed by atoms with Crippen molar-refractivity contribution in [1.82, 2.24) is 0 Å². The van der Waals surface area contributed by atoms with Gasteiger partial charge in [-0.2, -0.15) is 0 Å². The minimum absolute atomic E-state index is 0.183. The molecule has 0 amide bonds. The van der Waals surface area contributed by atoms with Crippen LogP contribution < -0.4 is 0 Å². The van der Waals surface area contributed by atoms with Gasteiger partial charge in [0.1, 0.15) is 6.29 Å². The van der Waals surface area contributed by atoms with Gasteiger partial charge in [0.2, 0.25) is 0 Å². The molecule has 0 radical (unpaired) electrons. The minimum Gasteiger partial charge on any atom is -0.298 e. The molecule has 4 heteroatoms. The fraction of sp³-hybridized carbons (Fsp3) is 0.462. The zero-order valence-corrected chi connectivity index (χ0v) is 10.7. The minimum atomic E-state index is -2.97. The van der Waals surface area contributed by atoms with Gasteiger partial charge < -0.3 is 0 Å². The molecule has 1 saturated carbocycles. The Labute approximate surface area is 102 Å². The maximum absolute atomic E-state index is 11.7. The smallest absolute Gasteiger partial charge is 0.150 e. The van der Waals surface area contributed by atoms with E-state index in [0.717, 1.165) is 24.7 Å². The molecule has 1 aliphatic rings. The molecule has 0 spiro atoms. The van der Waals surface area contributed by atoms with Gasteiger partial charge in [-0.3, -0.25) is 4.79 Å². The van der Waals surface area contributed by atoms with Gasteiger partial charge in [0.15, 0.2) is 9.84 Å². The Hall–Kier alpha value is -1.16. The zero-order valence-electron chi connectivity index (χ0n) is 9.85. The Morgan fingerprint density at radius 3 is 2.59 bits per heavy atom. The summed E-state index contributed by atoms with van der Waals surface area (Å²) < 4.78 is 23.4. The van der Waals surface area contributed by atoms with Crippen LogP contribution in [-0.2, 0) is 15.3 Å². The van der Waals surface area contributed by atoms with E-state index < -0.39 is 9.84 Å². The highest BCUT2D eigenvalue weighted by Crippen LogP contribution is 2.49. The van der Waals surface area contributed by atoms with Gasteiger partial charge >= 0.3 is 0 Å². The van der Waals surface area contributed by atoms with Crippen LogP contribution in [-0.4, -0.2) is 26.2 Å². The van der Waals surface area contributed by atoms with E-state index in [0.29, 0.717) is 5.56 Å². The standard InChI is InChI=1S/C13H16O3S/c1-2-17(15,16)10-13(6-7-13)12-5-3-4-11(8-12)9-14/h3-5,8-9H,2,6-7,10H2,1H3. The van der Waals surface area contributed by atoms with Crippen molar-refractivity contribution in [3.8, 4) is 0 Å². The quantitative estimate of drug-likeness (QED) is 0.753. The molecule has 92 valence electrons. The highest BCUT2D eigenvalue weighted by Gasteiger charge is 2.47. The molecule has 0 bridgehead atoms. The molecule has 0 heterocycles. The zero-order chi connectivity index (χ0) is 12.5. The van der Waals surface area contributed by atoms with Gasteiger partial charge in [-0.15, -0.1) is 0 Å². The first-order valence-electron chi connectivity index (χ1n) is 5.77. The Bertz CT molecular complexity index is 527. The molecule has 1 aromatic carbocycles. The van der Waals surface area contributed by atoms with E-state index >= 15 is 0 Å². The first kappa shape index (κ1) is 12.3. The lowest BCUT2D eigenvalue weighted by molar-refractivity contribution is 0.112. The lowest BCUT2D eigenvalue weighted by Crippen LogP contribution is -2.22. The maximum atomic E-state index is 11.7. The van der Waals surface area contributed by atoms with Crippen LogP contribution in [0.5, 0.6) is 0 Å². The number of benzene rings is 1. The second kappa shape index (κ2) is 4.26. The summed E-state index contributed by atoms with van der Waals surface area (Å²) in [4.78, 5) is 10.7. The van der Waals surface area contributed by atoms with Crippen LogP contribution in [0.25, 0.3) is 0 Å². The molecule has 0 unspecified atom stereocenters. The van der Waals surface area contributed by atoms with E-state index in [4.69, 9.17) is 0 Å². The van der Waals surface area contributed by atoms with Crippen molar-refractivity contribution < 1.29 is 13.2 Å². The van der Waals surface area contributed by atoms with E-state index in [-0.39, 0.29) is 16.9 Å². The molecule has 1 aromatic rings. The van der Waals surface area contributed by atoms with Crippen LogP contribution in [0.2, 0.25) is 0 Å². The average molecular weight is 252 g/mol. The highest BCUT2D eigenvalue weighted by molar-refractivity contribution is 7.91. The lowest BCUT2D eigenvalue weighted by atomic mass is 9.96. The topological polar surface area (TPSA) is 51.2 Å². The van der Waals surface area contributed by atoms with Gasteiger partial charge in [-0.05, 0) is 24.5 Å². The fourth-order valence-electron chi connectivity index (χ4n) is 2.13. The van der Waals surface area contributed by atoms with Crippen LogP contribution in [0.1, 0.15) is 35.7 Å². The van der Waals surface area contributed by atoms with E-state index in [1.54, 1.807) is 13.0 Å². The predicted molar refractivity (Wildman–Crippen MR) is 67.1 cm³/mol. The highest BCUT2D eigenvalue weighted by atomic mass is 32.2. The van der Waals surface area contributed by atoms with Crippen LogP contribution in [0, 0.1) is 0 Å². The molecule has 0 saturated heterocycles. The molecule has 0 atom stereocenters. The number of hydrogen-bond donors (Lipinski definition) is 0. The number of carbonyl (C=O) groups is 1. The SMILES string of the molecule is CCS(=O)(=O)CC1(c2cccc(C=O)c2)CC1. The Morgan fingerprint density at radius 2 is 2.06 bits per heavy atom. The van der Waals surface area contributed by atoms with Crippen molar-refractivity contribution in [2.75, 3.05) is 11.5 Å². The van der Waals surface area contributed by atoms with E-state index in [1.807, 2.05) is 18.2 Å². The second-order valence-corrected chi connectivity index (χ2v) is 7.05. The number of rotatable bonds is 5. The average Bonchev–Trinajstić information content (AvgIpc) is 3.09. The van der Waals surface area contributed by atoms with E-state index in [1.165, 1.54) is 0 Å². The summed E-state index contributed by atoms with van der Waals surface area (Å²) in [5, 5.41) is 0. The third-order valence-corrected chi connectivity index (χ3v) is 5.30. The molecule has 0 aliphatic heterocycles. The molecule has 2 rings (SSSR count). The molecular weight excluding hydrogens is 236 g/mol. The molecule has 1 fully saturated rings. The van der Waals surface area contributed by atoms with E-state index in [2.05, 4.69) is 0 Å². The first-order valence-corrected chi connectivity index (χ1v) is 7.60. The molecular formula is C13H16O3S. The van der Waals surface area contributed by atoms with Crippen molar-refractivity contribution in [3.05, 3.63) is 35.4 Å². The summed E-state index contributed by atoms with van der Waals surface area (Å²) in [5.74, 6) is 0.390. The summed E-state index contributed by atoms with van der Waals surface area (Å²) in [7, 11) is -2.97. The maximum Gasteiger partial charge on any atom is 0.150 e. The Balaban J connectivity index is 2.30. The number of hydrogen-bond acceptors (Lipinski definition) is 3. The van der Waals surface area contributed by atoms with E-state index in [9.17, 15) is 13.2 Å². The monoisotopic (exact) mass is 252 g/mol. The first-order chi connectivity index (χ1) is 8.01. The number of aldehydes is 1. The summed E-state index contributed by atoms with van der Waals surface area (Å²) >= 11 is 0. The Kier molecular flexibility index (Phi) is 3.08. The molecule has 17 heavy (non-hydrogen) atoms. The molecule has 3 nitrogen and oxygen atoms in total. The predicted octanol–water partition coefficient (Wildman–Crippen LogP) is 1.97. The van der Waals surface area contributed by atoms with Crippen LogP contribution in [0.3, 0.4) is 0 Å². The summed E-state index contributed by atoms with van der Waals surface area (Å²) in [6.07, 6.45) is 2.59. The van der Waals surface area contributed by atoms with Gasteiger partial charge in [0.25, 0.3) is 0 Å². The van der Waals surface area contributed by atoms with Crippen LogP contribution >= 0.6 is 0 Å². The number of carbonyl (C=O) groups excluding carboxylic acids is 1. The van der Waals surface area contributed by atoms with Crippen LogP contribution in [0.4, 0.5) is 0 Å². The third kappa shape index (κ3) is 2.57. The van der Waals surface area contributed by atoms with Crippen molar-refractivity contribution >= 4 is 16.1 Å². The second-order valence-electron chi connectivity index (χ2n) is 4.70. The van der Waals surface area contributed by atoms with Gasteiger partial charge in [-0.1, -0.05) is 25.1 Å². The van der Waals surface area contributed by atoms with Gasteiger partial charge in [0.05, 0.1) is 5.75 Å². The van der Waals surface area contributed by atoms with Crippen molar-refractivity contribution in [3.63, 3.8) is 0 Å². The normalized spacial score (nSPS) is 17.7. The third-order valence-electron chi connectivity index (χ3n) is 3.42. The summed E-state index contributed by atoms with van der Waals surface area (Å²) in [6.45, 7) is 1.67. The molecule has 0 aromatic heterocycles. The number of sulfone groups is 1. The summed E-state index contributed by atoms with van der Waals surface area (Å²) in [6, 6.07) is 7.29. The lowest BCUT2D eigenvalue weighted by Gasteiger charge is -2.15. The van der Waals surface area contributed by atoms with Crippen molar-refractivity contribution in [2.24, 2.45) is 0 Å². The molecule has 0 N–H and O–H groups in total. The van der Waals surface area contributed by atoms with Crippen molar-refractivity contribution in [2.45, 2.75) is 25.2 Å². The Morgan fingerprint density at radius 1 is 1.35 bits per heavy atom. The van der Waals surface area contributed by atoms with Gasteiger partial charge in [0, 0.05) is 16.7 Å². The summed E-state index contributed by atoms with van der Waals surface area (Å²) in [5.41, 5.74) is 1.37. The largest absolute Gasteiger partial charge is 0.298 e. The van der Waals surface area contributed by atoms with Crippen LogP contribution in [0.15, 0.2) is 24.3 Å². The fourth-order valence-corrected chi connectivity index (χ4v) is 3.63. The van der Waals surface area contributed by atoms with Gasteiger partial charge in [-0.25, -0.2) is 8.42 Å².